The van der Waals surface area contributed by atoms with E-state index in [0.29, 0.717) is 5.56 Å². The summed E-state index contributed by atoms with van der Waals surface area (Å²) >= 11 is 0. The van der Waals surface area contributed by atoms with Crippen molar-refractivity contribution in [1.29, 1.82) is 0 Å². The minimum atomic E-state index is -1.42. The Morgan fingerprint density at radius 1 is 0.829 bits per heavy atom. The van der Waals surface area contributed by atoms with Crippen LogP contribution in [0.1, 0.15) is 44.4 Å². The second kappa shape index (κ2) is 17.1. The Morgan fingerprint density at radius 3 is 2.05 bits per heavy atom. The summed E-state index contributed by atoms with van der Waals surface area (Å²) in [6, 6.07) is 13.5. The summed E-state index contributed by atoms with van der Waals surface area (Å²) < 4.78 is 15.3. The number of alkyl carbamates (subject to hydrolysis) is 1. The second-order valence-corrected chi connectivity index (χ2v) is 9.27. The van der Waals surface area contributed by atoms with E-state index in [1.54, 1.807) is 75.4 Å². The number of esters is 2. The molecule has 0 spiro atoms. The number of ether oxygens (including phenoxy) is 3. The molecular formula is C30H37N3O8. The smallest absolute Gasteiger partial charge is 0.408 e. The van der Waals surface area contributed by atoms with Crippen LogP contribution >= 0.6 is 0 Å². The quantitative estimate of drug-likeness (QED) is 0.169. The molecule has 3 N–H and O–H groups in total. The first-order chi connectivity index (χ1) is 19.7. The van der Waals surface area contributed by atoms with Gasteiger partial charge in [-0.1, -0.05) is 87.2 Å². The highest BCUT2D eigenvalue weighted by atomic mass is 16.6. The molecular weight excluding hydrogens is 530 g/mol. The summed E-state index contributed by atoms with van der Waals surface area (Å²) in [6.07, 6.45) is -0.0407. The Balaban J connectivity index is 2.24. The van der Waals surface area contributed by atoms with E-state index in [2.05, 4.69) is 22.5 Å². The highest BCUT2D eigenvalue weighted by Gasteiger charge is 2.33. The number of carbonyl (C=O) groups is 5. The largest absolute Gasteiger partial charge is 0.466 e. The van der Waals surface area contributed by atoms with Crippen LogP contribution in [0.25, 0.3) is 0 Å². The molecule has 0 unspecified atom stereocenters. The molecule has 220 valence electrons. The normalized spacial score (nSPS) is 12.7. The van der Waals surface area contributed by atoms with Crippen LogP contribution in [0.2, 0.25) is 0 Å². The third-order valence-electron chi connectivity index (χ3n) is 5.74. The fourth-order valence-electron chi connectivity index (χ4n) is 3.66. The Bertz CT molecular complexity index is 1170. The van der Waals surface area contributed by atoms with Gasteiger partial charge >= 0.3 is 18.0 Å². The van der Waals surface area contributed by atoms with E-state index in [0.717, 1.165) is 5.56 Å². The zero-order chi connectivity index (χ0) is 30.2. The van der Waals surface area contributed by atoms with Gasteiger partial charge in [0.25, 0.3) is 0 Å². The number of rotatable bonds is 15. The number of nitrogens with one attached hydrogen (secondary N) is 3. The third kappa shape index (κ3) is 11.1. The lowest BCUT2D eigenvalue weighted by atomic mass is 10.0. The first-order valence-corrected chi connectivity index (χ1v) is 13.2. The van der Waals surface area contributed by atoms with E-state index >= 15 is 0 Å². The van der Waals surface area contributed by atoms with Crippen molar-refractivity contribution in [3.63, 3.8) is 0 Å². The fraction of sp³-hybridized carbons (Fsp3) is 0.367. The van der Waals surface area contributed by atoms with Crippen molar-refractivity contribution in [2.24, 2.45) is 5.92 Å². The molecule has 0 fully saturated rings. The van der Waals surface area contributed by atoms with E-state index < -0.39 is 54.4 Å². The van der Waals surface area contributed by atoms with Crippen molar-refractivity contribution in [2.75, 3.05) is 13.2 Å². The van der Waals surface area contributed by atoms with Crippen LogP contribution in [0.4, 0.5) is 4.79 Å². The number of benzene rings is 2. The molecule has 0 heterocycles. The van der Waals surface area contributed by atoms with Crippen molar-refractivity contribution < 1.29 is 38.2 Å². The lowest BCUT2D eigenvalue weighted by Crippen LogP contribution is -2.53. The molecule has 0 aliphatic carbocycles. The highest BCUT2D eigenvalue weighted by molar-refractivity contribution is 5.95. The Hall–Kier alpha value is -4.67. The monoisotopic (exact) mass is 567 g/mol. The summed E-state index contributed by atoms with van der Waals surface area (Å²) in [6.45, 7) is 8.56. The molecule has 0 radical (unpaired) electrons. The average Bonchev–Trinajstić information content (AvgIpc) is 2.96. The lowest BCUT2D eigenvalue weighted by Gasteiger charge is -2.26. The maximum atomic E-state index is 13.4. The summed E-state index contributed by atoms with van der Waals surface area (Å²) in [5.74, 6) is -3.26. The van der Waals surface area contributed by atoms with Crippen molar-refractivity contribution in [3.05, 3.63) is 84.4 Å². The fourth-order valence-corrected chi connectivity index (χ4v) is 3.66. The molecule has 0 saturated heterocycles. The number of amides is 3. The Morgan fingerprint density at radius 2 is 1.46 bits per heavy atom. The van der Waals surface area contributed by atoms with Crippen LogP contribution in [-0.4, -0.2) is 55.1 Å². The van der Waals surface area contributed by atoms with Crippen LogP contribution < -0.4 is 16.0 Å². The molecule has 2 rings (SSSR count). The SMILES string of the molecule is C=CCOC(=O)[C@@H](NC(=O)[C@@H](NC(=O)[C@H](CC(=O)OCC)NC(=O)OCc1ccccc1)c1ccccc1)C(C)C. The van der Waals surface area contributed by atoms with Gasteiger partial charge in [0, 0.05) is 0 Å². The Kier molecular flexibility index (Phi) is 13.6. The van der Waals surface area contributed by atoms with E-state index in [1.807, 2.05) is 6.07 Å². The predicted molar refractivity (Wildman–Crippen MR) is 150 cm³/mol. The van der Waals surface area contributed by atoms with E-state index in [4.69, 9.17) is 14.2 Å². The minimum absolute atomic E-state index is 0.0294. The molecule has 0 aromatic heterocycles. The zero-order valence-electron chi connectivity index (χ0n) is 23.5. The van der Waals surface area contributed by atoms with Crippen LogP contribution in [0.3, 0.4) is 0 Å². The van der Waals surface area contributed by atoms with Crippen molar-refractivity contribution >= 4 is 29.8 Å². The summed E-state index contributed by atoms with van der Waals surface area (Å²) in [5.41, 5.74) is 1.13. The van der Waals surface area contributed by atoms with Crippen LogP contribution in [0.15, 0.2) is 73.3 Å². The van der Waals surface area contributed by atoms with Gasteiger partial charge in [-0.3, -0.25) is 14.4 Å². The van der Waals surface area contributed by atoms with Gasteiger partial charge in [0.1, 0.15) is 31.3 Å². The molecule has 0 aliphatic heterocycles. The van der Waals surface area contributed by atoms with Gasteiger partial charge in [0.15, 0.2) is 0 Å². The molecule has 3 amide bonds. The number of hydrogen-bond donors (Lipinski definition) is 3. The molecule has 0 aliphatic rings. The van der Waals surface area contributed by atoms with Gasteiger partial charge in [0.2, 0.25) is 11.8 Å². The zero-order valence-corrected chi connectivity index (χ0v) is 23.5. The van der Waals surface area contributed by atoms with Crippen LogP contribution in [0.5, 0.6) is 0 Å². The van der Waals surface area contributed by atoms with Gasteiger partial charge in [-0.25, -0.2) is 9.59 Å². The third-order valence-corrected chi connectivity index (χ3v) is 5.74. The predicted octanol–water partition coefficient (Wildman–Crippen LogP) is 2.96. The van der Waals surface area contributed by atoms with Crippen LogP contribution in [0, 0.1) is 5.92 Å². The average molecular weight is 568 g/mol. The van der Waals surface area contributed by atoms with Gasteiger partial charge in [-0.15, -0.1) is 0 Å². The van der Waals surface area contributed by atoms with Gasteiger partial charge in [-0.2, -0.15) is 0 Å². The number of carbonyl (C=O) groups excluding carboxylic acids is 5. The molecule has 11 nitrogen and oxygen atoms in total. The summed E-state index contributed by atoms with van der Waals surface area (Å²) in [4.78, 5) is 64.2. The van der Waals surface area contributed by atoms with Crippen LogP contribution in [-0.2, 0) is 40.0 Å². The lowest BCUT2D eigenvalue weighted by molar-refractivity contribution is -0.148. The van der Waals surface area contributed by atoms with Crippen molar-refractivity contribution in [2.45, 2.75) is 51.9 Å². The highest BCUT2D eigenvalue weighted by Crippen LogP contribution is 2.16. The molecule has 0 saturated carbocycles. The molecule has 3 atom stereocenters. The molecule has 2 aromatic rings. The maximum absolute atomic E-state index is 13.4. The van der Waals surface area contributed by atoms with E-state index in [-0.39, 0.29) is 25.7 Å². The van der Waals surface area contributed by atoms with Gasteiger partial charge < -0.3 is 30.2 Å². The molecule has 11 heteroatoms. The van der Waals surface area contributed by atoms with E-state index in [1.165, 1.54) is 6.08 Å². The molecule has 41 heavy (non-hydrogen) atoms. The minimum Gasteiger partial charge on any atom is -0.466 e. The molecule has 0 bridgehead atoms. The van der Waals surface area contributed by atoms with Gasteiger partial charge in [-0.05, 0) is 24.0 Å². The number of hydrogen-bond acceptors (Lipinski definition) is 8. The summed E-state index contributed by atoms with van der Waals surface area (Å²) in [5, 5.41) is 7.61. The summed E-state index contributed by atoms with van der Waals surface area (Å²) in [7, 11) is 0. The second-order valence-electron chi connectivity index (χ2n) is 9.27. The standard InChI is InChI=1S/C30H37N3O8/c1-5-17-40-29(37)25(20(3)4)32-28(36)26(22-15-11-8-12-16-22)33-27(35)23(18-24(34)39-6-2)31-30(38)41-19-21-13-9-7-10-14-21/h5,7-16,20,23,25-26H,1,6,17-19H2,2-4H3,(H,31,38)(H,32,36)(H,33,35)/t23-,25-,26-/m0/s1. The van der Waals surface area contributed by atoms with Gasteiger partial charge in [0.05, 0.1) is 13.0 Å². The maximum Gasteiger partial charge on any atom is 0.408 e. The van der Waals surface area contributed by atoms with Crippen molar-refractivity contribution in [1.82, 2.24) is 16.0 Å². The van der Waals surface area contributed by atoms with Crippen molar-refractivity contribution in [3.8, 4) is 0 Å². The Labute approximate surface area is 239 Å². The topological polar surface area (TPSA) is 149 Å². The first kappa shape index (κ1) is 32.5. The molecule has 2 aromatic carbocycles. The first-order valence-electron chi connectivity index (χ1n) is 13.2. The van der Waals surface area contributed by atoms with E-state index in [9.17, 15) is 24.0 Å².